The summed E-state index contributed by atoms with van der Waals surface area (Å²) in [7, 11) is 0. The van der Waals surface area contributed by atoms with Crippen LogP contribution in [0.2, 0.25) is 0 Å². The van der Waals surface area contributed by atoms with Gasteiger partial charge in [-0.3, -0.25) is 9.59 Å². The average molecular weight is 359 g/mol. The zero-order valence-electron chi connectivity index (χ0n) is 16.6. The molecule has 25 heavy (non-hydrogen) atoms. The standard InChI is InChI=1S/C20H38O5/c1-16(2)10-6-5-9-15-24-18(21)13-14-20(23)25-19(22)12-8-7-11-17(3)4/h16-17,19,22H,5-15H2,1-4H3. The van der Waals surface area contributed by atoms with Crippen molar-refractivity contribution in [1.29, 1.82) is 0 Å². The topological polar surface area (TPSA) is 72.8 Å². The number of aliphatic hydroxyl groups excluding tert-OH is 1. The summed E-state index contributed by atoms with van der Waals surface area (Å²) in [6.07, 6.45) is 6.52. The summed E-state index contributed by atoms with van der Waals surface area (Å²) >= 11 is 0. The van der Waals surface area contributed by atoms with Gasteiger partial charge >= 0.3 is 11.9 Å². The van der Waals surface area contributed by atoms with Gasteiger partial charge in [0, 0.05) is 6.42 Å². The van der Waals surface area contributed by atoms with E-state index in [-0.39, 0.29) is 18.8 Å². The van der Waals surface area contributed by atoms with E-state index in [9.17, 15) is 14.7 Å². The summed E-state index contributed by atoms with van der Waals surface area (Å²) in [5.41, 5.74) is 0. The SMILES string of the molecule is CC(C)CCCCCOC(=O)CCC(=O)OC(O)CCCCC(C)C. The summed E-state index contributed by atoms with van der Waals surface area (Å²) in [6, 6.07) is 0. The number of unbranched alkanes of at least 4 members (excludes halogenated alkanes) is 3. The maximum Gasteiger partial charge on any atom is 0.308 e. The number of hydrogen-bond acceptors (Lipinski definition) is 5. The molecule has 0 saturated heterocycles. The minimum atomic E-state index is -1.07. The molecule has 0 aliphatic rings. The molecule has 0 aromatic heterocycles. The Morgan fingerprint density at radius 3 is 1.88 bits per heavy atom. The maximum absolute atomic E-state index is 11.6. The van der Waals surface area contributed by atoms with Crippen LogP contribution in [-0.2, 0) is 19.1 Å². The Hall–Kier alpha value is -1.10. The van der Waals surface area contributed by atoms with Crippen molar-refractivity contribution in [2.24, 2.45) is 11.8 Å². The minimum absolute atomic E-state index is 0.00486. The maximum atomic E-state index is 11.6. The van der Waals surface area contributed by atoms with Crippen LogP contribution >= 0.6 is 0 Å². The van der Waals surface area contributed by atoms with Crippen molar-refractivity contribution >= 4 is 11.9 Å². The molecule has 0 spiro atoms. The molecule has 0 aliphatic carbocycles. The Bertz CT molecular complexity index is 352. The normalized spacial score (nSPS) is 12.4. The second-order valence-corrected chi connectivity index (χ2v) is 7.59. The van der Waals surface area contributed by atoms with Crippen LogP contribution in [-0.4, -0.2) is 29.9 Å². The molecule has 0 heterocycles. The van der Waals surface area contributed by atoms with Crippen molar-refractivity contribution in [3.05, 3.63) is 0 Å². The van der Waals surface area contributed by atoms with Crippen LogP contribution in [0.25, 0.3) is 0 Å². The molecule has 1 atom stereocenters. The van der Waals surface area contributed by atoms with E-state index in [2.05, 4.69) is 27.7 Å². The molecule has 0 rings (SSSR count). The fourth-order valence-electron chi connectivity index (χ4n) is 2.43. The van der Waals surface area contributed by atoms with Crippen molar-refractivity contribution < 1.29 is 24.2 Å². The van der Waals surface area contributed by atoms with Gasteiger partial charge in [-0.1, -0.05) is 59.8 Å². The molecule has 0 fully saturated rings. The van der Waals surface area contributed by atoms with Gasteiger partial charge in [-0.15, -0.1) is 0 Å². The first kappa shape index (κ1) is 23.9. The highest BCUT2D eigenvalue weighted by Crippen LogP contribution is 2.11. The van der Waals surface area contributed by atoms with Crippen LogP contribution in [0.1, 0.15) is 91.9 Å². The summed E-state index contributed by atoms with van der Waals surface area (Å²) in [6.45, 7) is 9.11. The molecule has 5 nitrogen and oxygen atoms in total. The first-order chi connectivity index (χ1) is 11.8. The molecule has 1 unspecified atom stereocenters. The molecular formula is C20H38O5. The van der Waals surface area contributed by atoms with E-state index in [1.165, 1.54) is 6.42 Å². The summed E-state index contributed by atoms with van der Waals surface area (Å²) in [4.78, 5) is 23.1. The lowest BCUT2D eigenvalue weighted by molar-refractivity contribution is -0.170. The Morgan fingerprint density at radius 2 is 1.28 bits per heavy atom. The summed E-state index contributed by atoms with van der Waals surface area (Å²) in [5.74, 6) is 0.414. The van der Waals surface area contributed by atoms with Crippen LogP contribution in [0, 0.1) is 11.8 Å². The van der Waals surface area contributed by atoms with E-state index in [1.807, 2.05) is 0 Å². The monoisotopic (exact) mass is 358 g/mol. The van der Waals surface area contributed by atoms with E-state index in [0.717, 1.165) is 38.5 Å². The van der Waals surface area contributed by atoms with Gasteiger partial charge in [0.05, 0.1) is 19.4 Å². The third-order valence-electron chi connectivity index (χ3n) is 3.97. The molecule has 0 aromatic carbocycles. The molecule has 1 N–H and O–H groups in total. The summed E-state index contributed by atoms with van der Waals surface area (Å²) < 4.78 is 9.99. The Morgan fingerprint density at radius 1 is 0.760 bits per heavy atom. The quantitative estimate of drug-likeness (QED) is 0.263. The molecule has 148 valence electrons. The lowest BCUT2D eigenvalue weighted by atomic mass is 10.1. The molecule has 0 radical (unpaired) electrons. The van der Waals surface area contributed by atoms with Crippen molar-refractivity contribution in [3.63, 3.8) is 0 Å². The van der Waals surface area contributed by atoms with Crippen LogP contribution in [0.5, 0.6) is 0 Å². The predicted octanol–water partition coefficient (Wildman–Crippen LogP) is 4.60. The van der Waals surface area contributed by atoms with Gasteiger partial charge in [-0.2, -0.15) is 0 Å². The second-order valence-electron chi connectivity index (χ2n) is 7.59. The fourth-order valence-corrected chi connectivity index (χ4v) is 2.43. The van der Waals surface area contributed by atoms with Gasteiger partial charge in [0.1, 0.15) is 0 Å². The Balaban J connectivity index is 3.58. The van der Waals surface area contributed by atoms with Gasteiger partial charge in [0.15, 0.2) is 0 Å². The number of esters is 2. The Labute approximate surface area is 153 Å². The van der Waals surface area contributed by atoms with Crippen molar-refractivity contribution in [2.75, 3.05) is 6.61 Å². The number of ether oxygens (including phenoxy) is 2. The van der Waals surface area contributed by atoms with Crippen LogP contribution in [0.4, 0.5) is 0 Å². The highest BCUT2D eigenvalue weighted by atomic mass is 16.6. The molecule has 5 heteroatoms. The highest BCUT2D eigenvalue weighted by molar-refractivity contribution is 5.77. The minimum Gasteiger partial charge on any atom is -0.466 e. The molecule has 0 bridgehead atoms. The number of hydrogen-bond donors (Lipinski definition) is 1. The second kappa shape index (κ2) is 15.2. The highest BCUT2D eigenvalue weighted by Gasteiger charge is 2.13. The smallest absolute Gasteiger partial charge is 0.308 e. The lowest BCUT2D eigenvalue weighted by Gasteiger charge is -2.12. The number of aliphatic hydroxyl groups is 1. The largest absolute Gasteiger partial charge is 0.466 e. The lowest BCUT2D eigenvalue weighted by Crippen LogP contribution is -2.18. The van der Waals surface area contributed by atoms with Crippen LogP contribution in [0.15, 0.2) is 0 Å². The van der Waals surface area contributed by atoms with Gasteiger partial charge in [-0.05, 0) is 24.7 Å². The fraction of sp³-hybridized carbons (Fsp3) is 0.900. The van der Waals surface area contributed by atoms with E-state index in [0.29, 0.717) is 24.9 Å². The van der Waals surface area contributed by atoms with E-state index in [4.69, 9.17) is 9.47 Å². The zero-order chi connectivity index (χ0) is 19.1. The van der Waals surface area contributed by atoms with Crippen LogP contribution in [0.3, 0.4) is 0 Å². The average Bonchev–Trinajstić information content (AvgIpc) is 2.52. The van der Waals surface area contributed by atoms with Crippen molar-refractivity contribution in [1.82, 2.24) is 0 Å². The first-order valence-corrected chi connectivity index (χ1v) is 9.84. The molecule has 0 aliphatic heterocycles. The van der Waals surface area contributed by atoms with Gasteiger partial charge in [0.2, 0.25) is 6.29 Å². The third-order valence-corrected chi connectivity index (χ3v) is 3.97. The van der Waals surface area contributed by atoms with E-state index >= 15 is 0 Å². The van der Waals surface area contributed by atoms with E-state index < -0.39 is 12.3 Å². The number of carbonyl (C=O) groups excluding carboxylic acids is 2. The summed E-state index contributed by atoms with van der Waals surface area (Å²) in [5, 5.41) is 9.65. The Kier molecular flexibility index (Phi) is 14.5. The third kappa shape index (κ3) is 17.5. The van der Waals surface area contributed by atoms with Gasteiger partial charge < -0.3 is 14.6 Å². The van der Waals surface area contributed by atoms with Crippen LogP contribution < -0.4 is 0 Å². The molecule has 0 aromatic rings. The molecular weight excluding hydrogens is 320 g/mol. The number of carbonyl (C=O) groups is 2. The molecule has 0 amide bonds. The van der Waals surface area contributed by atoms with E-state index in [1.54, 1.807) is 0 Å². The predicted molar refractivity (Wildman–Crippen MR) is 98.9 cm³/mol. The number of rotatable bonds is 15. The molecule has 0 saturated carbocycles. The van der Waals surface area contributed by atoms with Gasteiger partial charge in [0.25, 0.3) is 0 Å². The van der Waals surface area contributed by atoms with Gasteiger partial charge in [-0.25, -0.2) is 0 Å². The van der Waals surface area contributed by atoms with Crippen molar-refractivity contribution in [2.45, 2.75) is 98.2 Å². The first-order valence-electron chi connectivity index (χ1n) is 9.84. The van der Waals surface area contributed by atoms with Crippen molar-refractivity contribution in [3.8, 4) is 0 Å². The zero-order valence-corrected chi connectivity index (χ0v) is 16.6.